The third kappa shape index (κ3) is 4.45. The Bertz CT molecular complexity index is 1320. The minimum absolute atomic E-state index is 0.0224. The van der Waals surface area contributed by atoms with Crippen LogP contribution in [0.25, 0.3) is 0 Å². The van der Waals surface area contributed by atoms with Gasteiger partial charge in [-0.15, -0.1) is 0 Å². The molecule has 1 atom stereocenters. The molecule has 0 aliphatic carbocycles. The van der Waals surface area contributed by atoms with Crippen LogP contribution in [0.3, 0.4) is 0 Å². The normalized spacial score (nSPS) is 16.5. The van der Waals surface area contributed by atoms with Crippen molar-refractivity contribution in [2.45, 2.75) is 25.9 Å². The molecule has 36 heavy (non-hydrogen) atoms. The fraction of sp³-hybridized carbons (Fsp3) is 0.214. The van der Waals surface area contributed by atoms with E-state index < -0.39 is 17.9 Å². The molecule has 2 aliphatic rings. The van der Waals surface area contributed by atoms with Crippen LogP contribution in [0.2, 0.25) is 0 Å². The first-order chi connectivity index (χ1) is 17.4. The summed E-state index contributed by atoms with van der Waals surface area (Å²) in [6, 6.07) is 21.7. The molecule has 3 aromatic carbocycles. The Labute approximate surface area is 208 Å². The number of carbonyl (C=O) groups excluding carboxylic acids is 4. The third-order valence-corrected chi connectivity index (χ3v) is 6.36. The molecule has 3 aromatic rings. The second-order valence-corrected chi connectivity index (χ2v) is 8.77. The Morgan fingerprint density at radius 3 is 2.22 bits per heavy atom. The number of carbonyl (C=O) groups is 4. The largest absolute Gasteiger partial charge is 0.479 e. The highest BCUT2D eigenvalue weighted by Crippen LogP contribution is 2.36. The number of nitrogens with one attached hydrogen (secondary N) is 1. The predicted octanol–water partition coefficient (Wildman–Crippen LogP) is 3.67. The van der Waals surface area contributed by atoms with Crippen molar-refractivity contribution in [3.8, 4) is 5.75 Å². The first-order valence-electron chi connectivity index (χ1n) is 11.8. The molecule has 4 amide bonds. The second-order valence-electron chi connectivity index (χ2n) is 8.77. The second kappa shape index (κ2) is 9.65. The van der Waals surface area contributed by atoms with Gasteiger partial charge in [0.1, 0.15) is 5.75 Å². The lowest BCUT2D eigenvalue weighted by Gasteiger charge is -2.33. The van der Waals surface area contributed by atoms with E-state index in [1.165, 1.54) is 0 Å². The van der Waals surface area contributed by atoms with Crippen LogP contribution in [0.1, 0.15) is 39.6 Å². The van der Waals surface area contributed by atoms with Gasteiger partial charge in [-0.05, 0) is 49.2 Å². The summed E-state index contributed by atoms with van der Waals surface area (Å²) in [5.74, 6) is -0.711. The minimum Gasteiger partial charge on any atom is -0.479 e. The lowest BCUT2D eigenvalue weighted by atomic mass is 10.1. The molecule has 0 saturated heterocycles. The highest BCUT2D eigenvalue weighted by molar-refractivity contribution is 6.21. The van der Waals surface area contributed by atoms with Gasteiger partial charge in [0, 0.05) is 25.2 Å². The Morgan fingerprint density at radius 2 is 1.53 bits per heavy atom. The number of imide groups is 1. The Morgan fingerprint density at radius 1 is 0.861 bits per heavy atom. The quantitative estimate of drug-likeness (QED) is 0.518. The van der Waals surface area contributed by atoms with Gasteiger partial charge in [-0.1, -0.05) is 42.5 Å². The molecule has 5 rings (SSSR count). The van der Waals surface area contributed by atoms with E-state index in [1.807, 2.05) is 30.3 Å². The van der Waals surface area contributed by atoms with Gasteiger partial charge >= 0.3 is 0 Å². The molecule has 1 N–H and O–H groups in total. The highest BCUT2D eigenvalue weighted by atomic mass is 16.5. The minimum atomic E-state index is -0.603. The van der Waals surface area contributed by atoms with Crippen LogP contribution < -0.4 is 15.0 Å². The number of amides is 4. The van der Waals surface area contributed by atoms with Gasteiger partial charge in [0.05, 0.1) is 16.8 Å². The topological polar surface area (TPSA) is 96.0 Å². The van der Waals surface area contributed by atoms with E-state index in [4.69, 9.17) is 4.74 Å². The molecule has 8 nitrogen and oxygen atoms in total. The first kappa shape index (κ1) is 23.3. The number of anilines is 2. The zero-order valence-electron chi connectivity index (χ0n) is 19.8. The summed E-state index contributed by atoms with van der Waals surface area (Å²) in [4.78, 5) is 53.4. The van der Waals surface area contributed by atoms with E-state index in [2.05, 4.69) is 5.32 Å². The molecule has 8 heteroatoms. The van der Waals surface area contributed by atoms with Crippen LogP contribution in [0.4, 0.5) is 11.4 Å². The summed E-state index contributed by atoms with van der Waals surface area (Å²) < 4.78 is 5.77. The lowest BCUT2D eigenvalue weighted by molar-refractivity contribution is -0.125. The van der Waals surface area contributed by atoms with Crippen LogP contribution in [-0.4, -0.2) is 47.7 Å². The summed E-state index contributed by atoms with van der Waals surface area (Å²) >= 11 is 0. The predicted molar refractivity (Wildman–Crippen MR) is 134 cm³/mol. The van der Waals surface area contributed by atoms with Gasteiger partial charge in [0.15, 0.2) is 6.10 Å². The molecule has 0 saturated carbocycles. The molecular weight excluding hydrogens is 458 g/mol. The van der Waals surface area contributed by atoms with Gasteiger partial charge in [0.25, 0.3) is 17.7 Å². The molecular formula is C28H25N3O5. The number of benzene rings is 3. The monoisotopic (exact) mass is 483 g/mol. The summed E-state index contributed by atoms with van der Waals surface area (Å²) in [5, 5.41) is 2.81. The van der Waals surface area contributed by atoms with Crippen molar-refractivity contribution in [3.63, 3.8) is 0 Å². The van der Waals surface area contributed by atoms with Crippen LogP contribution in [0, 0.1) is 0 Å². The van der Waals surface area contributed by atoms with E-state index in [0.717, 1.165) is 10.5 Å². The van der Waals surface area contributed by atoms with E-state index >= 15 is 0 Å². The van der Waals surface area contributed by atoms with Gasteiger partial charge < -0.3 is 15.0 Å². The highest BCUT2D eigenvalue weighted by Gasteiger charge is 2.35. The zero-order chi connectivity index (χ0) is 25.2. The van der Waals surface area contributed by atoms with Crippen molar-refractivity contribution >= 4 is 35.0 Å². The fourth-order valence-electron chi connectivity index (χ4n) is 4.48. The first-order valence-corrected chi connectivity index (χ1v) is 11.8. The fourth-order valence-corrected chi connectivity index (χ4v) is 4.48. The molecule has 0 bridgehead atoms. The maximum atomic E-state index is 12.9. The number of ether oxygens (including phenoxy) is 1. The van der Waals surface area contributed by atoms with E-state index in [1.54, 1.807) is 54.3 Å². The van der Waals surface area contributed by atoms with E-state index in [-0.39, 0.29) is 24.8 Å². The number of fused-ring (bicyclic) bond motifs is 2. The summed E-state index contributed by atoms with van der Waals surface area (Å²) in [6.45, 7) is 2.17. The third-order valence-electron chi connectivity index (χ3n) is 6.36. The molecule has 2 aliphatic heterocycles. The maximum absolute atomic E-state index is 12.9. The van der Waals surface area contributed by atoms with Gasteiger partial charge in [-0.2, -0.15) is 0 Å². The van der Waals surface area contributed by atoms with Crippen molar-refractivity contribution in [2.24, 2.45) is 0 Å². The molecule has 182 valence electrons. The van der Waals surface area contributed by atoms with Crippen LogP contribution in [0.5, 0.6) is 5.75 Å². The Balaban J connectivity index is 1.26. The Hall–Kier alpha value is -4.46. The standard InChI is InChI=1S/C28H25N3O5/c1-18-26(33)30(15-13-19-7-3-2-4-8-19)23-17-20(11-12-24(23)36-18)29-25(32)14-16-31-27(34)21-9-5-6-10-22(21)28(31)35/h2-12,17-18H,13-16H2,1H3,(H,29,32). The molecule has 0 radical (unpaired) electrons. The SMILES string of the molecule is CC1Oc2ccc(NC(=O)CCN3C(=O)c4ccccc4C3=O)cc2N(CCc2ccccc2)C1=O. The van der Waals surface area contributed by atoms with Crippen molar-refractivity contribution < 1.29 is 23.9 Å². The number of hydrogen-bond acceptors (Lipinski definition) is 5. The van der Waals surface area contributed by atoms with Gasteiger partial charge in [-0.3, -0.25) is 24.1 Å². The van der Waals surface area contributed by atoms with Crippen molar-refractivity contribution in [1.82, 2.24) is 4.90 Å². The molecule has 0 aromatic heterocycles. The van der Waals surface area contributed by atoms with E-state index in [9.17, 15) is 19.2 Å². The molecule has 1 unspecified atom stereocenters. The Kier molecular flexibility index (Phi) is 6.25. The molecule has 0 spiro atoms. The van der Waals surface area contributed by atoms with Crippen LogP contribution >= 0.6 is 0 Å². The average molecular weight is 484 g/mol. The van der Waals surface area contributed by atoms with Gasteiger partial charge in [0.2, 0.25) is 5.91 Å². The summed E-state index contributed by atoms with van der Waals surface area (Å²) in [7, 11) is 0. The average Bonchev–Trinajstić information content (AvgIpc) is 3.13. The van der Waals surface area contributed by atoms with E-state index in [0.29, 0.717) is 41.2 Å². The number of nitrogens with zero attached hydrogens (tertiary/aromatic N) is 2. The van der Waals surface area contributed by atoms with Gasteiger partial charge in [-0.25, -0.2) is 0 Å². The summed E-state index contributed by atoms with van der Waals surface area (Å²) in [6.07, 6.45) is 0.0240. The smallest absolute Gasteiger partial charge is 0.267 e. The molecule has 2 heterocycles. The number of hydrogen-bond donors (Lipinski definition) is 1. The van der Waals surface area contributed by atoms with Crippen LogP contribution in [-0.2, 0) is 16.0 Å². The van der Waals surface area contributed by atoms with Crippen molar-refractivity contribution in [1.29, 1.82) is 0 Å². The van der Waals surface area contributed by atoms with Crippen molar-refractivity contribution in [2.75, 3.05) is 23.3 Å². The number of rotatable bonds is 7. The van der Waals surface area contributed by atoms with Crippen molar-refractivity contribution in [3.05, 3.63) is 89.5 Å². The zero-order valence-corrected chi connectivity index (χ0v) is 19.8. The van der Waals surface area contributed by atoms with Crippen LogP contribution in [0.15, 0.2) is 72.8 Å². The summed E-state index contributed by atoms with van der Waals surface area (Å²) in [5.41, 5.74) is 2.91. The molecule has 0 fully saturated rings. The lowest BCUT2D eigenvalue weighted by Crippen LogP contribution is -2.45. The maximum Gasteiger partial charge on any atom is 0.267 e.